The van der Waals surface area contributed by atoms with Crippen molar-refractivity contribution in [1.82, 2.24) is 0 Å². The fourth-order valence-corrected chi connectivity index (χ4v) is 5.37. The van der Waals surface area contributed by atoms with Gasteiger partial charge in [0.15, 0.2) is 17.1 Å². The third-order valence-corrected chi connectivity index (χ3v) is 6.80. The van der Waals surface area contributed by atoms with Crippen LogP contribution in [0.25, 0.3) is 16.5 Å². The summed E-state index contributed by atoms with van der Waals surface area (Å²) in [7, 11) is 1.48. The van der Waals surface area contributed by atoms with Gasteiger partial charge in [-0.2, -0.15) is 0 Å². The average Bonchev–Trinajstić information content (AvgIpc) is 3.09. The highest BCUT2D eigenvalue weighted by Gasteiger charge is 2.47. The number of methoxy groups -OCH3 is 1. The summed E-state index contributed by atoms with van der Waals surface area (Å²) in [5.74, 6) is 0.414. The zero-order valence-corrected chi connectivity index (χ0v) is 20.4. The van der Waals surface area contributed by atoms with Crippen molar-refractivity contribution in [1.29, 1.82) is 0 Å². The number of benzene rings is 2. The fourth-order valence-electron chi connectivity index (χ4n) is 5.37. The minimum Gasteiger partial charge on any atom is -0.494 e. The first-order chi connectivity index (χ1) is 16.7. The van der Waals surface area contributed by atoms with Crippen LogP contribution in [0.5, 0.6) is 11.5 Å². The summed E-state index contributed by atoms with van der Waals surface area (Å²) in [6, 6.07) is 10.4. The van der Waals surface area contributed by atoms with Gasteiger partial charge in [0.25, 0.3) is 5.91 Å². The molecule has 3 heterocycles. The van der Waals surface area contributed by atoms with Crippen molar-refractivity contribution in [2.45, 2.75) is 45.6 Å². The Morgan fingerprint density at radius 2 is 2.00 bits per heavy atom. The number of nitrogens with zero attached hydrogens (tertiary/aromatic N) is 1. The molecular formula is C28H27NO6. The summed E-state index contributed by atoms with van der Waals surface area (Å²) >= 11 is 0. The van der Waals surface area contributed by atoms with E-state index < -0.39 is 16.9 Å². The Kier molecular flexibility index (Phi) is 5.31. The van der Waals surface area contributed by atoms with Gasteiger partial charge in [-0.05, 0) is 69.0 Å². The molecule has 2 aromatic carbocycles. The van der Waals surface area contributed by atoms with Gasteiger partial charge in [-0.3, -0.25) is 9.59 Å². The maximum absolute atomic E-state index is 13.7. The van der Waals surface area contributed by atoms with E-state index in [2.05, 4.69) is 6.92 Å². The Balaban J connectivity index is 1.67. The van der Waals surface area contributed by atoms with Crippen molar-refractivity contribution in [2.75, 3.05) is 18.6 Å². The topological polar surface area (TPSA) is 86.1 Å². The molecule has 2 aliphatic rings. The summed E-state index contributed by atoms with van der Waals surface area (Å²) in [6.45, 7) is 8.57. The van der Waals surface area contributed by atoms with E-state index in [4.69, 9.17) is 13.9 Å². The lowest BCUT2D eigenvalue weighted by atomic mass is 9.80. The van der Waals surface area contributed by atoms with E-state index >= 15 is 0 Å². The van der Waals surface area contributed by atoms with E-state index in [0.29, 0.717) is 29.1 Å². The zero-order valence-electron chi connectivity index (χ0n) is 20.4. The van der Waals surface area contributed by atoms with Crippen LogP contribution in [0.4, 0.5) is 5.69 Å². The van der Waals surface area contributed by atoms with E-state index in [9.17, 15) is 14.4 Å². The molecule has 0 aliphatic carbocycles. The van der Waals surface area contributed by atoms with Crippen molar-refractivity contribution in [3.05, 3.63) is 69.6 Å². The Labute approximate surface area is 202 Å². The second-order valence-corrected chi connectivity index (χ2v) is 9.65. The van der Waals surface area contributed by atoms with Crippen molar-refractivity contribution in [3.8, 4) is 11.5 Å². The molecule has 7 heteroatoms. The van der Waals surface area contributed by atoms with Crippen LogP contribution in [-0.2, 0) is 4.79 Å². The maximum atomic E-state index is 13.7. The smallest absolute Gasteiger partial charge is 0.347 e. The second-order valence-electron chi connectivity index (χ2n) is 9.65. The second kappa shape index (κ2) is 8.12. The monoisotopic (exact) mass is 473 g/mol. The molecule has 1 atom stereocenters. The lowest BCUT2D eigenvalue weighted by Crippen LogP contribution is -2.49. The van der Waals surface area contributed by atoms with Crippen LogP contribution >= 0.6 is 0 Å². The molecule has 0 radical (unpaired) electrons. The molecule has 0 bridgehead atoms. The first kappa shape index (κ1) is 22.9. The van der Waals surface area contributed by atoms with Crippen LogP contribution < -0.4 is 20.0 Å². The van der Waals surface area contributed by atoms with Crippen molar-refractivity contribution in [3.63, 3.8) is 0 Å². The predicted octanol–water partition coefficient (Wildman–Crippen LogP) is 5.10. The number of allylic oxidation sites excluding steroid dienone is 1. The molecule has 2 aliphatic heterocycles. The van der Waals surface area contributed by atoms with E-state index in [1.807, 2.05) is 26.8 Å². The molecule has 3 aromatic rings. The number of rotatable bonds is 5. The number of ketones is 1. The highest BCUT2D eigenvalue weighted by molar-refractivity contribution is 6.36. The number of carbonyl (C=O) groups is 2. The summed E-state index contributed by atoms with van der Waals surface area (Å²) in [5, 5.41) is 0.555. The number of anilines is 1. The SMILES string of the molecule is CCOc1cc2c3c(c1)C(C)CC(C)(C)N3C(=O)/C2=C/C(=O)c1cc2cccc(OC)c2oc1=O. The van der Waals surface area contributed by atoms with Crippen molar-refractivity contribution >= 4 is 33.9 Å². The van der Waals surface area contributed by atoms with Gasteiger partial charge in [0, 0.05) is 16.5 Å². The lowest BCUT2D eigenvalue weighted by molar-refractivity contribution is -0.114. The molecule has 0 saturated carbocycles. The summed E-state index contributed by atoms with van der Waals surface area (Å²) in [4.78, 5) is 41.5. The van der Waals surface area contributed by atoms with Gasteiger partial charge in [-0.15, -0.1) is 0 Å². The highest BCUT2D eigenvalue weighted by atomic mass is 16.5. The first-order valence-corrected chi connectivity index (χ1v) is 11.7. The number of amides is 1. The molecule has 7 nitrogen and oxygen atoms in total. The van der Waals surface area contributed by atoms with Crippen molar-refractivity contribution in [2.24, 2.45) is 0 Å². The van der Waals surface area contributed by atoms with Crippen LogP contribution in [0.15, 0.2) is 51.7 Å². The van der Waals surface area contributed by atoms with Crippen LogP contribution in [-0.4, -0.2) is 30.9 Å². The number of para-hydroxylation sites is 1. The van der Waals surface area contributed by atoms with Gasteiger partial charge < -0.3 is 18.8 Å². The third kappa shape index (κ3) is 3.53. The normalized spacial score (nSPS) is 19.2. The van der Waals surface area contributed by atoms with Gasteiger partial charge >= 0.3 is 5.63 Å². The largest absolute Gasteiger partial charge is 0.494 e. The van der Waals surface area contributed by atoms with Gasteiger partial charge in [0.2, 0.25) is 0 Å². The van der Waals surface area contributed by atoms with E-state index in [0.717, 1.165) is 17.7 Å². The van der Waals surface area contributed by atoms with Gasteiger partial charge in [-0.1, -0.05) is 19.1 Å². The maximum Gasteiger partial charge on any atom is 0.347 e. The fraction of sp³-hybridized carbons (Fsp3) is 0.321. The van der Waals surface area contributed by atoms with E-state index in [1.165, 1.54) is 19.3 Å². The molecule has 35 heavy (non-hydrogen) atoms. The average molecular weight is 474 g/mol. The van der Waals surface area contributed by atoms with Crippen LogP contribution in [0, 0.1) is 0 Å². The van der Waals surface area contributed by atoms with Crippen molar-refractivity contribution < 1.29 is 23.5 Å². The standard InChI is InChI=1S/C28H27NO6/c1-6-34-17-11-18-15(2)14-28(3,4)29-24(18)19(12-17)20(26(29)31)13-22(30)21-10-16-8-7-9-23(33-5)25(16)35-27(21)32/h7-13,15H,6,14H2,1-5H3/b20-13+. The molecule has 0 N–H and O–H groups in total. The van der Waals surface area contributed by atoms with Gasteiger partial charge in [0.1, 0.15) is 11.3 Å². The Hall–Kier alpha value is -3.87. The molecule has 0 fully saturated rings. The number of ether oxygens (including phenoxy) is 2. The minimum atomic E-state index is -0.784. The lowest BCUT2D eigenvalue weighted by Gasteiger charge is -2.43. The van der Waals surface area contributed by atoms with E-state index in [-0.39, 0.29) is 28.5 Å². The van der Waals surface area contributed by atoms with Gasteiger partial charge in [0.05, 0.1) is 25.0 Å². The third-order valence-electron chi connectivity index (χ3n) is 6.80. The Morgan fingerprint density at radius 1 is 1.23 bits per heavy atom. The summed E-state index contributed by atoms with van der Waals surface area (Å²) < 4.78 is 16.4. The van der Waals surface area contributed by atoms with E-state index in [1.54, 1.807) is 29.2 Å². The molecule has 1 aromatic heterocycles. The molecule has 1 amide bonds. The molecule has 0 saturated heterocycles. The Bertz CT molecular complexity index is 1480. The number of carbonyl (C=O) groups excluding carboxylic acids is 2. The number of fused-ring (bicyclic) bond motifs is 1. The molecule has 180 valence electrons. The molecular weight excluding hydrogens is 446 g/mol. The van der Waals surface area contributed by atoms with Gasteiger partial charge in [-0.25, -0.2) is 4.79 Å². The van der Waals surface area contributed by atoms with Crippen LogP contribution in [0.1, 0.15) is 61.5 Å². The quantitative estimate of drug-likeness (QED) is 0.291. The number of hydrogen-bond acceptors (Lipinski definition) is 6. The molecule has 0 spiro atoms. The predicted molar refractivity (Wildman–Crippen MR) is 134 cm³/mol. The highest BCUT2D eigenvalue weighted by Crippen LogP contribution is 2.53. The number of hydrogen-bond donors (Lipinski definition) is 0. The minimum absolute atomic E-state index is 0.144. The summed E-state index contributed by atoms with van der Waals surface area (Å²) in [6.07, 6.45) is 2.03. The summed E-state index contributed by atoms with van der Waals surface area (Å²) in [5.41, 5.74) is 1.65. The van der Waals surface area contributed by atoms with Crippen LogP contribution in [0.3, 0.4) is 0 Å². The molecule has 1 unspecified atom stereocenters. The first-order valence-electron chi connectivity index (χ1n) is 11.7. The molecule has 5 rings (SSSR count). The zero-order chi connectivity index (χ0) is 25.1. The Morgan fingerprint density at radius 3 is 2.71 bits per heavy atom. The van der Waals surface area contributed by atoms with Crippen LogP contribution in [0.2, 0.25) is 0 Å².